The van der Waals surface area contributed by atoms with Crippen LogP contribution in [0, 0.1) is 0 Å². The number of phosphoric ester groups is 1. The Bertz CT molecular complexity index is 1440. The number of unbranched alkanes of at least 4 members (excludes halogenated alkanes) is 31. The van der Waals surface area contributed by atoms with Crippen molar-refractivity contribution in [3.63, 3.8) is 0 Å². The van der Waals surface area contributed by atoms with Crippen molar-refractivity contribution >= 4 is 19.7 Å². The van der Waals surface area contributed by atoms with Crippen molar-refractivity contribution in [1.29, 1.82) is 0 Å². The number of quaternary nitrogens is 1. The van der Waals surface area contributed by atoms with Crippen LogP contribution in [0.25, 0.3) is 0 Å². The maximum atomic E-state index is 13.5. The van der Waals surface area contributed by atoms with Crippen LogP contribution in [-0.4, -0.2) is 74.3 Å². The smallest absolute Gasteiger partial charge is 0.456 e. The van der Waals surface area contributed by atoms with Gasteiger partial charge >= 0.3 is 13.8 Å². The van der Waals surface area contributed by atoms with E-state index < -0.39 is 20.0 Å². The molecule has 0 saturated heterocycles. The number of amides is 1. The van der Waals surface area contributed by atoms with Crippen LogP contribution in [0.1, 0.15) is 278 Å². The van der Waals surface area contributed by atoms with Crippen LogP contribution >= 0.6 is 7.82 Å². The summed E-state index contributed by atoms with van der Waals surface area (Å²) in [4.78, 5) is 37.7. The lowest BCUT2D eigenvalue weighted by molar-refractivity contribution is -0.870. The number of phosphoric acid groups is 1. The SMILES string of the molecule is CCCCC/C=C\C/C=C\C/C=C\CCCCCCCCC(=O)OC(/C=C/CCCCCCCCCCC)C(COP(=O)(O)OCC[N+](C)(C)C)NC(=O)CCCCCCCCC/C=C/CCCCCCCC. The van der Waals surface area contributed by atoms with E-state index >= 15 is 0 Å². The van der Waals surface area contributed by atoms with E-state index in [1.807, 2.05) is 33.3 Å². The number of hydrogen-bond acceptors (Lipinski definition) is 6. The van der Waals surface area contributed by atoms with Crippen LogP contribution < -0.4 is 5.32 Å². The lowest BCUT2D eigenvalue weighted by Crippen LogP contribution is -2.47. The predicted octanol–water partition coefficient (Wildman–Crippen LogP) is 18.7. The molecule has 0 spiro atoms. The zero-order valence-electron chi connectivity index (χ0n) is 48.6. The number of hydrogen-bond donors (Lipinski definition) is 2. The van der Waals surface area contributed by atoms with Crippen molar-refractivity contribution in [3.8, 4) is 0 Å². The van der Waals surface area contributed by atoms with E-state index in [1.54, 1.807) is 0 Å². The van der Waals surface area contributed by atoms with E-state index in [0.29, 0.717) is 17.4 Å². The van der Waals surface area contributed by atoms with Crippen LogP contribution in [0.15, 0.2) is 60.8 Å². The molecule has 0 aromatic carbocycles. The molecule has 0 fully saturated rings. The van der Waals surface area contributed by atoms with Gasteiger partial charge in [-0.15, -0.1) is 0 Å². The highest BCUT2D eigenvalue weighted by molar-refractivity contribution is 7.47. The van der Waals surface area contributed by atoms with E-state index in [9.17, 15) is 19.0 Å². The number of carbonyl (C=O) groups excluding carboxylic acids is 2. The van der Waals surface area contributed by atoms with Gasteiger partial charge < -0.3 is 19.4 Å². The van der Waals surface area contributed by atoms with Gasteiger partial charge in [-0.1, -0.05) is 230 Å². The lowest BCUT2D eigenvalue weighted by atomic mass is 10.1. The van der Waals surface area contributed by atoms with Crippen molar-refractivity contribution in [2.45, 2.75) is 290 Å². The molecule has 0 bridgehead atoms. The number of allylic oxidation sites excluding steroid dienone is 9. The first-order chi connectivity index (χ1) is 35.4. The van der Waals surface area contributed by atoms with Crippen molar-refractivity contribution in [3.05, 3.63) is 60.8 Å². The second kappa shape index (κ2) is 53.1. The average Bonchev–Trinajstić information content (AvgIpc) is 3.35. The molecule has 0 heterocycles. The Labute approximate surface area is 451 Å². The zero-order valence-corrected chi connectivity index (χ0v) is 49.5. The fraction of sp³-hybridized carbons (Fsp3) is 0.810. The minimum Gasteiger partial charge on any atom is -0.456 e. The molecule has 73 heavy (non-hydrogen) atoms. The minimum atomic E-state index is -4.45. The maximum Gasteiger partial charge on any atom is 0.472 e. The van der Waals surface area contributed by atoms with Gasteiger partial charge in [-0.05, 0) is 96.0 Å². The molecule has 426 valence electrons. The van der Waals surface area contributed by atoms with Gasteiger partial charge in [0.2, 0.25) is 5.91 Å². The van der Waals surface area contributed by atoms with E-state index in [1.165, 1.54) is 148 Å². The van der Waals surface area contributed by atoms with Gasteiger partial charge in [0.1, 0.15) is 19.3 Å². The zero-order chi connectivity index (χ0) is 53.6. The Morgan fingerprint density at radius 3 is 1.29 bits per heavy atom. The molecule has 0 aliphatic rings. The molecule has 0 aromatic heterocycles. The van der Waals surface area contributed by atoms with E-state index in [4.69, 9.17) is 13.8 Å². The molecule has 0 aromatic rings. The summed E-state index contributed by atoms with van der Waals surface area (Å²) in [6, 6.07) is -0.856. The van der Waals surface area contributed by atoms with E-state index in [2.05, 4.69) is 74.7 Å². The lowest BCUT2D eigenvalue weighted by Gasteiger charge is -2.27. The highest BCUT2D eigenvalue weighted by Crippen LogP contribution is 2.43. The molecule has 1 amide bonds. The molecule has 0 aliphatic carbocycles. The van der Waals surface area contributed by atoms with Crippen molar-refractivity contribution in [2.75, 3.05) is 40.9 Å². The molecular formula is C63H118N2O7P+. The number of esters is 1. The van der Waals surface area contributed by atoms with Gasteiger partial charge in [0.25, 0.3) is 0 Å². The van der Waals surface area contributed by atoms with Gasteiger partial charge in [-0.2, -0.15) is 0 Å². The number of ether oxygens (including phenoxy) is 1. The first-order valence-corrected chi connectivity index (χ1v) is 32.1. The molecule has 0 aliphatic heterocycles. The molecule has 3 unspecified atom stereocenters. The third-order valence-corrected chi connectivity index (χ3v) is 14.4. The average molecular weight is 1050 g/mol. The van der Waals surface area contributed by atoms with Gasteiger partial charge in [0, 0.05) is 12.8 Å². The van der Waals surface area contributed by atoms with Crippen LogP contribution in [0.2, 0.25) is 0 Å². The molecule has 2 N–H and O–H groups in total. The monoisotopic (exact) mass is 1050 g/mol. The summed E-state index contributed by atoms with van der Waals surface area (Å²) in [6.45, 7) is 6.97. The fourth-order valence-corrected chi connectivity index (χ4v) is 9.38. The largest absolute Gasteiger partial charge is 0.472 e. The van der Waals surface area contributed by atoms with Crippen LogP contribution in [0.5, 0.6) is 0 Å². The third-order valence-electron chi connectivity index (χ3n) is 13.4. The normalized spacial score (nSPS) is 14.1. The van der Waals surface area contributed by atoms with Crippen LogP contribution in [0.3, 0.4) is 0 Å². The van der Waals surface area contributed by atoms with Gasteiger partial charge in [-0.3, -0.25) is 18.6 Å². The second-order valence-corrected chi connectivity index (χ2v) is 23.3. The summed E-state index contributed by atoms with van der Waals surface area (Å²) in [6.07, 6.45) is 66.4. The summed E-state index contributed by atoms with van der Waals surface area (Å²) >= 11 is 0. The Balaban J connectivity index is 5.27. The number of nitrogens with one attached hydrogen (secondary N) is 1. The minimum absolute atomic E-state index is 0.0361. The van der Waals surface area contributed by atoms with Gasteiger partial charge in [0.15, 0.2) is 0 Å². The standard InChI is InChI=1S/C63H117N2O7P/c1-7-10-13-16-19-22-25-27-29-31-32-34-36-38-41-44-47-50-53-56-63(67)72-61(54-51-48-45-42-39-24-21-18-15-12-9-3)60(59-71-73(68,69)70-58-57-65(4,5)6)64-62(66)55-52-49-46-43-40-37-35-33-30-28-26-23-20-17-14-11-8-2/h19,22,27-30,32,34,51,54,60-61H,7-18,20-21,23-26,31,33,35-50,52-53,55-59H2,1-6H3,(H-,64,66,68,69)/p+1/b22-19-,29-27-,30-28+,34-32-,54-51+. The topological polar surface area (TPSA) is 111 Å². The Kier molecular flexibility index (Phi) is 51.5. The predicted molar refractivity (Wildman–Crippen MR) is 314 cm³/mol. The van der Waals surface area contributed by atoms with Crippen LogP contribution in [-0.2, 0) is 27.9 Å². The highest BCUT2D eigenvalue weighted by Gasteiger charge is 2.30. The maximum absolute atomic E-state index is 13.5. The van der Waals surface area contributed by atoms with E-state index in [-0.39, 0.29) is 31.5 Å². The molecular weight excluding hydrogens is 928 g/mol. The number of likely N-dealkylation sites (N-methyl/N-ethyl adjacent to an activating group) is 1. The second-order valence-electron chi connectivity index (χ2n) is 21.9. The third kappa shape index (κ3) is 54.3. The van der Waals surface area contributed by atoms with E-state index in [0.717, 1.165) is 96.3 Å². The molecule has 0 radical (unpaired) electrons. The first kappa shape index (κ1) is 70.7. The molecule has 0 saturated carbocycles. The number of rotatable bonds is 55. The fourth-order valence-electron chi connectivity index (χ4n) is 8.65. The van der Waals surface area contributed by atoms with Gasteiger partial charge in [-0.25, -0.2) is 4.57 Å². The Hall–Kier alpha value is -2.29. The van der Waals surface area contributed by atoms with Crippen molar-refractivity contribution in [2.24, 2.45) is 0 Å². The molecule has 3 atom stereocenters. The Morgan fingerprint density at radius 2 is 0.836 bits per heavy atom. The number of nitrogens with zero attached hydrogens (tertiary/aromatic N) is 1. The summed E-state index contributed by atoms with van der Waals surface area (Å²) in [5, 5.41) is 3.05. The summed E-state index contributed by atoms with van der Waals surface area (Å²) in [7, 11) is 1.48. The molecule has 9 nitrogen and oxygen atoms in total. The molecule has 10 heteroatoms. The Morgan fingerprint density at radius 1 is 0.479 bits per heavy atom. The van der Waals surface area contributed by atoms with Crippen molar-refractivity contribution in [1.82, 2.24) is 5.32 Å². The van der Waals surface area contributed by atoms with Crippen LogP contribution in [0.4, 0.5) is 0 Å². The summed E-state index contributed by atoms with van der Waals surface area (Å²) < 4.78 is 30.6. The van der Waals surface area contributed by atoms with Crippen molar-refractivity contribution < 1.29 is 37.3 Å². The first-order valence-electron chi connectivity index (χ1n) is 30.6. The summed E-state index contributed by atoms with van der Waals surface area (Å²) in [5.41, 5.74) is 0. The number of carbonyl (C=O) groups is 2. The highest BCUT2D eigenvalue weighted by atomic mass is 31.2. The molecule has 0 rings (SSSR count). The summed E-state index contributed by atoms with van der Waals surface area (Å²) in [5.74, 6) is -0.521. The quantitative estimate of drug-likeness (QED) is 0.0205. The van der Waals surface area contributed by atoms with Gasteiger partial charge in [0.05, 0.1) is 33.8 Å².